The zero-order valence-corrected chi connectivity index (χ0v) is 11.7. The summed E-state index contributed by atoms with van der Waals surface area (Å²) in [5.41, 5.74) is 6.34. The zero-order chi connectivity index (χ0) is 12.5. The smallest absolute Gasteiger partial charge is 0.240 e. The highest BCUT2D eigenvalue weighted by Gasteiger charge is 2.20. The third-order valence-corrected chi connectivity index (χ3v) is 4.27. The summed E-state index contributed by atoms with van der Waals surface area (Å²) in [5, 5.41) is 0. The number of nitrogens with two attached hydrogens (primary N) is 1. The van der Waals surface area contributed by atoms with Crippen molar-refractivity contribution in [2.24, 2.45) is 5.73 Å². The van der Waals surface area contributed by atoms with Crippen molar-refractivity contribution in [2.45, 2.75) is 24.3 Å². The Bertz CT molecular complexity index is 519. The second-order valence-corrected chi connectivity index (χ2v) is 5.84. The van der Waals surface area contributed by atoms with Gasteiger partial charge in [-0.3, -0.25) is 0 Å². The van der Waals surface area contributed by atoms with Gasteiger partial charge >= 0.3 is 0 Å². The van der Waals surface area contributed by atoms with E-state index < -0.39 is 10.0 Å². The second-order valence-electron chi connectivity index (χ2n) is 4.13. The number of ether oxygens (including phenoxy) is 1. The van der Waals surface area contributed by atoms with Crippen LogP contribution in [0.25, 0.3) is 0 Å². The van der Waals surface area contributed by atoms with Crippen molar-refractivity contribution in [3.63, 3.8) is 0 Å². The van der Waals surface area contributed by atoms with E-state index in [1.807, 2.05) is 0 Å². The molecule has 7 heteroatoms. The lowest BCUT2D eigenvalue weighted by atomic mass is 10.2. The molecule has 1 aliphatic rings. The van der Waals surface area contributed by atoms with Crippen molar-refractivity contribution in [1.29, 1.82) is 0 Å². The Morgan fingerprint density at radius 1 is 1.50 bits per heavy atom. The van der Waals surface area contributed by atoms with Gasteiger partial charge in [0.1, 0.15) is 5.75 Å². The molecule has 0 bridgehead atoms. The summed E-state index contributed by atoms with van der Waals surface area (Å²) >= 11 is 0. The van der Waals surface area contributed by atoms with Crippen molar-refractivity contribution in [2.75, 3.05) is 13.2 Å². The minimum absolute atomic E-state index is 0. The molecule has 0 aromatic heterocycles. The van der Waals surface area contributed by atoms with E-state index in [0.29, 0.717) is 6.61 Å². The summed E-state index contributed by atoms with van der Waals surface area (Å²) in [6.07, 6.45) is 0.755. The van der Waals surface area contributed by atoms with Gasteiger partial charge in [0.15, 0.2) is 0 Å². The third-order valence-electron chi connectivity index (χ3n) is 2.68. The van der Waals surface area contributed by atoms with E-state index in [1.165, 1.54) is 0 Å². The lowest BCUT2D eigenvalue weighted by Crippen LogP contribution is -2.37. The summed E-state index contributed by atoms with van der Waals surface area (Å²) in [6, 6.07) is 4.64. The molecule has 1 heterocycles. The van der Waals surface area contributed by atoms with Crippen molar-refractivity contribution in [3.8, 4) is 5.75 Å². The van der Waals surface area contributed by atoms with Crippen LogP contribution in [0.1, 0.15) is 12.5 Å². The Labute approximate surface area is 113 Å². The Morgan fingerprint density at radius 2 is 2.22 bits per heavy atom. The van der Waals surface area contributed by atoms with Crippen LogP contribution in [0, 0.1) is 0 Å². The number of fused-ring (bicyclic) bond motifs is 1. The van der Waals surface area contributed by atoms with Gasteiger partial charge in [-0.15, -0.1) is 12.4 Å². The maximum absolute atomic E-state index is 12.0. The lowest BCUT2D eigenvalue weighted by Gasteiger charge is -2.12. The average molecular weight is 293 g/mol. The van der Waals surface area contributed by atoms with Crippen LogP contribution < -0.4 is 15.2 Å². The number of sulfonamides is 1. The van der Waals surface area contributed by atoms with Crippen LogP contribution in [0.5, 0.6) is 5.75 Å². The van der Waals surface area contributed by atoms with E-state index in [1.54, 1.807) is 25.1 Å². The van der Waals surface area contributed by atoms with Crippen LogP contribution in [0.4, 0.5) is 0 Å². The molecule has 0 fully saturated rings. The first-order chi connectivity index (χ1) is 8.03. The van der Waals surface area contributed by atoms with Crippen LogP contribution >= 0.6 is 12.4 Å². The fourth-order valence-electron chi connectivity index (χ4n) is 1.71. The number of nitrogens with one attached hydrogen (secondary N) is 1. The van der Waals surface area contributed by atoms with Gasteiger partial charge in [0.2, 0.25) is 10.0 Å². The molecule has 2 rings (SSSR count). The first-order valence-electron chi connectivity index (χ1n) is 5.51. The van der Waals surface area contributed by atoms with Crippen molar-refractivity contribution >= 4 is 22.4 Å². The van der Waals surface area contributed by atoms with Crippen molar-refractivity contribution in [3.05, 3.63) is 23.8 Å². The predicted octanol–water partition coefficient (Wildman–Crippen LogP) is 0.669. The number of rotatable bonds is 4. The molecule has 1 aromatic carbocycles. The Hall–Kier alpha value is -0.820. The maximum Gasteiger partial charge on any atom is 0.240 e. The summed E-state index contributed by atoms with van der Waals surface area (Å²) in [7, 11) is -3.48. The topological polar surface area (TPSA) is 81.4 Å². The molecule has 0 saturated heterocycles. The van der Waals surface area contributed by atoms with E-state index in [0.717, 1.165) is 17.7 Å². The van der Waals surface area contributed by atoms with Gasteiger partial charge in [0.25, 0.3) is 0 Å². The first-order valence-corrected chi connectivity index (χ1v) is 6.99. The molecular formula is C11H17ClN2O3S. The summed E-state index contributed by atoms with van der Waals surface area (Å²) in [6.45, 7) is 2.62. The highest BCUT2D eigenvalue weighted by atomic mass is 35.5. The molecule has 0 amide bonds. The van der Waals surface area contributed by atoms with E-state index >= 15 is 0 Å². The van der Waals surface area contributed by atoms with Crippen molar-refractivity contribution in [1.82, 2.24) is 4.72 Å². The molecule has 3 N–H and O–H groups in total. The van der Waals surface area contributed by atoms with Gasteiger partial charge in [-0.25, -0.2) is 13.1 Å². The normalized spacial score (nSPS) is 15.4. The minimum Gasteiger partial charge on any atom is -0.493 e. The van der Waals surface area contributed by atoms with Gasteiger partial charge in [0, 0.05) is 19.0 Å². The SMILES string of the molecule is C[C@H](CN)NS(=O)(=O)c1ccc2c(c1)CCO2.Cl. The quantitative estimate of drug-likeness (QED) is 0.854. The van der Waals surface area contributed by atoms with Gasteiger partial charge in [0.05, 0.1) is 11.5 Å². The first kappa shape index (κ1) is 15.2. The minimum atomic E-state index is -3.48. The van der Waals surface area contributed by atoms with Gasteiger partial charge in [-0.1, -0.05) is 0 Å². The van der Waals surface area contributed by atoms with Gasteiger partial charge in [-0.05, 0) is 30.7 Å². The zero-order valence-electron chi connectivity index (χ0n) is 10.0. The molecule has 0 spiro atoms. The van der Waals surface area contributed by atoms with Gasteiger partial charge < -0.3 is 10.5 Å². The fraction of sp³-hybridized carbons (Fsp3) is 0.455. The highest BCUT2D eigenvalue weighted by Crippen LogP contribution is 2.27. The standard InChI is InChI=1S/C11H16N2O3S.ClH/c1-8(7-12)13-17(14,15)10-2-3-11-9(6-10)4-5-16-11;/h2-3,6,8,13H,4-5,7,12H2,1H3;1H/t8-;/m1./s1. The Morgan fingerprint density at radius 3 is 2.89 bits per heavy atom. The Kier molecular flexibility index (Phi) is 4.98. The number of hydrogen-bond acceptors (Lipinski definition) is 4. The molecule has 0 unspecified atom stereocenters. The molecule has 5 nitrogen and oxygen atoms in total. The predicted molar refractivity (Wildman–Crippen MR) is 71.7 cm³/mol. The van der Waals surface area contributed by atoms with E-state index in [9.17, 15) is 8.42 Å². The molecule has 1 atom stereocenters. The average Bonchev–Trinajstić information content (AvgIpc) is 2.75. The molecule has 1 aromatic rings. The van der Waals surface area contributed by atoms with Gasteiger partial charge in [-0.2, -0.15) is 0 Å². The fourth-order valence-corrected chi connectivity index (χ4v) is 3.02. The number of halogens is 1. The van der Waals surface area contributed by atoms with Crippen LogP contribution in [-0.4, -0.2) is 27.6 Å². The van der Waals surface area contributed by atoms with Crippen LogP contribution in [-0.2, 0) is 16.4 Å². The van der Waals surface area contributed by atoms with E-state index in [2.05, 4.69) is 4.72 Å². The summed E-state index contributed by atoms with van der Waals surface area (Å²) in [5.74, 6) is 0.774. The van der Waals surface area contributed by atoms with E-state index in [4.69, 9.17) is 10.5 Å². The summed E-state index contributed by atoms with van der Waals surface area (Å²) < 4.78 is 31.8. The Balaban J connectivity index is 0.00000162. The maximum atomic E-state index is 12.0. The molecule has 1 aliphatic heterocycles. The highest BCUT2D eigenvalue weighted by molar-refractivity contribution is 7.89. The van der Waals surface area contributed by atoms with Crippen LogP contribution in [0.3, 0.4) is 0 Å². The molecule has 102 valence electrons. The summed E-state index contributed by atoms with van der Waals surface area (Å²) in [4.78, 5) is 0.266. The van der Waals surface area contributed by atoms with Crippen LogP contribution in [0.2, 0.25) is 0 Å². The molecule has 0 radical (unpaired) electrons. The molecule has 0 aliphatic carbocycles. The molecular weight excluding hydrogens is 276 g/mol. The monoisotopic (exact) mass is 292 g/mol. The number of benzene rings is 1. The lowest BCUT2D eigenvalue weighted by molar-refractivity contribution is 0.356. The largest absolute Gasteiger partial charge is 0.493 e. The third kappa shape index (κ3) is 3.14. The van der Waals surface area contributed by atoms with Crippen molar-refractivity contribution < 1.29 is 13.2 Å². The second kappa shape index (κ2) is 5.88. The number of hydrogen-bond donors (Lipinski definition) is 2. The molecule has 18 heavy (non-hydrogen) atoms. The van der Waals surface area contributed by atoms with E-state index in [-0.39, 0.29) is 29.9 Å². The molecule has 0 saturated carbocycles. The van der Waals surface area contributed by atoms with Crippen LogP contribution in [0.15, 0.2) is 23.1 Å².